The maximum absolute atomic E-state index is 11.4. The van der Waals surface area contributed by atoms with Gasteiger partial charge in [-0.3, -0.25) is 4.79 Å². The van der Waals surface area contributed by atoms with Gasteiger partial charge in [0, 0.05) is 30.8 Å². The zero-order valence-corrected chi connectivity index (χ0v) is 19.1. The monoisotopic (exact) mass is 469 g/mol. The fraction of sp³-hybridized carbons (Fsp3) is 0.478. The second-order valence-electron chi connectivity index (χ2n) is 8.37. The first kappa shape index (κ1) is 24.0. The number of carbonyl (C=O) groups excluding carboxylic acids is 1. The first-order valence-corrected chi connectivity index (χ1v) is 11.6. The molecule has 2 aromatic heterocycles. The molecule has 5 N–H and O–H groups in total. The lowest BCUT2D eigenvalue weighted by atomic mass is 10.1. The molecular weight excluding hydrogens is 438 g/mol. The number of ether oxygens (including phenoxy) is 1. The lowest BCUT2D eigenvalue weighted by Crippen LogP contribution is -2.37. The Morgan fingerprint density at radius 1 is 1.12 bits per heavy atom. The molecule has 1 unspecified atom stereocenters. The third-order valence-electron chi connectivity index (χ3n) is 5.96. The molecule has 1 amide bonds. The van der Waals surface area contributed by atoms with Gasteiger partial charge in [-0.25, -0.2) is 15.0 Å². The molecule has 0 radical (unpaired) electrons. The first-order valence-electron chi connectivity index (χ1n) is 11.6. The summed E-state index contributed by atoms with van der Waals surface area (Å²) in [6.45, 7) is 3.49. The van der Waals surface area contributed by atoms with Crippen LogP contribution in [0.4, 0.5) is 5.82 Å². The van der Waals surface area contributed by atoms with Crippen LogP contribution in [0.1, 0.15) is 42.5 Å². The normalized spacial score (nSPS) is 15.1. The van der Waals surface area contributed by atoms with Crippen LogP contribution in [0, 0.1) is 0 Å². The Labute approximate surface area is 197 Å². The second kappa shape index (κ2) is 11.3. The zero-order chi connectivity index (χ0) is 23.9. The predicted molar refractivity (Wildman–Crippen MR) is 126 cm³/mol. The lowest BCUT2D eigenvalue weighted by Gasteiger charge is -2.28. The standard InChI is InChI=1S/C23H31N7O4/c24-20(32)16-6-8-17(9-7-16)21-26-22(29-11-13-34-14-12-29)19-23(27-21)30(15-25-19)10-4-2-1-3-5-18(31)28-33/h6-9,15,18,28,31,33H,1-5,10-14H2,(H2,24,32). The molecule has 0 aliphatic carbocycles. The summed E-state index contributed by atoms with van der Waals surface area (Å²) >= 11 is 0. The number of rotatable bonds is 11. The summed E-state index contributed by atoms with van der Waals surface area (Å²) < 4.78 is 7.56. The number of hydroxylamine groups is 1. The van der Waals surface area contributed by atoms with Crippen LogP contribution in [0.2, 0.25) is 0 Å². The lowest BCUT2D eigenvalue weighted by molar-refractivity contribution is -0.00394. The van der Waals surface area contributed by atoms with Crippen molar-refractivity contribution >= 4 is 22.9 Å². The summed E-state index contributed by atoms with van der Waals surface area (Å²) in [6.07, 6.45) is 5.16. The van der Waals surface area contributed by atoms with Crippen molar-refractivity contribution in [2.24, 2.45) is 5.73 Å². The SMILES string of the molecule is NC(=O)c1ccc(-c2nc(N3CCOCC3)c3ncn(CCCCCCC(O)NO)c3n2)cc1. The number of nitrogens with two attached hydrogens (primary N) is 1. The third-order valence-corrected chi connectivity index (χ3v) is 5.96. The van der Waals surface area contributed by atoms with Gasteiger partial charge in [-0.05, 0) is 31.4 Å². The smallest absolute Gasteiger partial charge is 0.248 e. The van der Waals surface area contributed by atoms with Gasteiger partial charge in [0.05, 0.1) is 19.5 Å². The highest BCUT2D eigenvalue weighted by Gasteiger charge is 2.21. The van der Waals surface area contributed by atoms with Gasteiger partial charge in [0.15, 0.2) is 22.8 Å². The fourth-order valence-electron chi connectivity index (χ4n) is 4.04. The quantitative estimate of drug-likeness (QED) is 0.187. The van der Waals surface area contributed by atoms with E-state index in [1.807, 2.05) is 16.4 Å². The number of unbranched alkanes of at least 4 members (excludes halogenated alkanes) is 3. The number of fused-ring (bicyclic) bond motifs is 1. The Morgan fingerprint density at radius 2 is 1.85 bits per heavy atom. The van der Waals surface area contributed by atoms with Gasteiger partial charge in [0.1, 0.15) is 6.23 Å². The van der Waals surface area contributed by atoms with Gasteiger partial charge < -0.3 is 30.3 Å². The van der Waals surface area contributed by atoms with Crippen molar-refractivity contribution in [1.82, 2.24) is 25.0 Å². The van der Waals surface area contributed by atoms with E-state index >= 15 is 0 Å². The fourth-order valence-corrected chi connectivity index (χ4v) is 4.04. The van der Waals surface area contributed by atoms with E-state index < -0.39 is 12.1 Å². The van der Waals surface area contributed by atoms with Crippen LogP contribution in [0.15, 0.2) is 30.6 Å². The number of anilines is 1. The van der Waals surface area contributed by atoms with Crippen LogP contribution in [-0.4, -0.2) is 68.3 Å². The molecule has 0 spiro atoms. The van der Waals surface area contributed by atoms with E-state index in [0.717, 1.165) is 67.9 Å². The molecule has 4 rings (SSSR count). The molecule has 11 heteroatoms. The Morgan fingerprint density at radius 3 is 2.56 bits per heavy atom. The summed E-state index contributed by atoms with van der Waals surface area (Å²) in [7, 11) is 0. The Kier molecular flexibility index (Phi) is 8.01. The number of hydrogen-bond acceptors (Lipinski definition) is 9. The maximum atomic E-state index is 11.4. The zero-order valence-electron chi connectivity index (χ0n) is 19.1. The molecule has 1 aliphatic rings. The first-order chi connectivity index (χ1) is 16.6. The molecule has 3 aromatic rings. The number of imidazole rings is 1. The number of primary amides is 1. The molecule has 3 heterocycles. The molecule has 182 valence electrons. The summed E-state index contributed by atoms with van der Waals surface area (Å²) in [5.41, 5.74) is 9.99. The third kappa shape index (κ3) is 5.68. The van der Waals surface area contributed by atoms with Crippen molar-refractivity contribution in [2.45, 2.75) is 44.9 Å². The van der Waals surface area contributed by atoms with Crippen LogP contribution in [-0.2, 0) is 11.3 Å². The minimum Gasteiger partial charge on any atom is -0.378 e. The number of aliphatic hydroxyl groups is 1. The Balaban J connectivity index is 1.57. The number of aliphatic hydroxyl groups excluding tert-OH is 1. The number of nitrogens with zero attached hydrogens (tertiary/aromatic N) is 5. The maximum Gasteiger partial charge on any atom is 0.248 e. The van der Waals surface area contributed by atoms with E-state index in [0.29, 0.717) is 31.0 Å². The van der Waals surface area contributed by atoms with E-state index in [1.165, 1.54) is 0 Å². The molecule has 34 heavy (non-hydrogen) atoms. The molecular formula is C23H31N7O4. The van der Waals surface area contributed by atoms with Crippen LogP contribution in [0.5, 0.6) is 0 Å². The van der Waals surface area contributed by atoms with Crippen LogP contribution in [0.25, 0.3) is 22.6 Å². The highest BCUT2D eigenvalue weighted by Crippen LogP contribution is 2.28. The number of carbonyl (C=O) groups is 1. The van der Waals surface area contributed by atoms with Gasteiger partial charge in [0.2, 0.25) is 5.91 Å². The Bertz CT molecular complexity index is 1100. The van der Waals surface area contributed by atoms with Crippen molar-refractivity contribution in [2.75, 3.05) is 31.2 Å². The van der Waals surface area contributed by atoms with Crippen LogP contribution in [0.3, 0.4) is 0 Å². The van der Waals surface area contributed by atoms with E-state index in [1.54, 1.807) is 24.3 Å². The highest BCUT2D eigenvalue weighted by atomic mass is 16.5. The van der Waals surface area contributed by atoms with Gasteiger partial charge in [-0.2, -0.15) is 5.48 Å². The van der Waals surface area contributed by atoms with Crippen molar-refractivity contribution < 1.29 is 19.8 Å². The molecule has 1 atom stereocenters. The van der Waals surface area contributed by atoms with Crippen molar-refractivity contribution in [1.29, 1.82) is 0 Å². The largest absolute Gasteiger partial charge is 0.378 e. The van der Waals surface area contributed by atoms with Crippen LogP contribution >= 0.6 is 0 Å². The number of morpholine rings is 1. The molecule has 0 bridgehead atoms. The molecule has 1 aliphatic heterocycles. The molecule has 1 saturated heterocycles. The number of nitrogens with one attached hydrogen (secondary N) is 1. The minimum atomic E-state index is -0.872. The summed E-state index contributed by atoms with van der Waals surface area (Å²) in [5, 5.41) is 18.0. The van der Waals surface area contributed by atoms with E-state index in [9.17, 15) is 9.90 Å². The van der Waals surface area contributed by atoms with E-state index in [4.69, 9.17) is 25.6 Å². The average Bonchev–Trinajstić information content (AvgIpc) is 3.28. The van der Waals surface area contributed by atoms with Gasteiger partial charge >= 0.3 is 0 Å². The Hall–Kier alpha value is -3.12. The second-order valence-corrected chi connectivity index (χ2v) is 8.37. The number of aryl methyl sites for hydroxylation is 1. The molecule has 0 saturated carbocycles. The summed E-state index contributed by atoms with van der Waals surface area (Å²) in [6, 6.07) is 6.97. The van der Waals surface area contributed by atoms with Gasteiger partial charge in [-0.15, -0.1) is 0 Å². The number of benzene rings is 1. The van der Waals surface area contributed by atoms with Crippen molar-refractivity contribution in [3.8, 4) is 11.4 Å². The molecule has 1 aromatic carbocycles. The van der Waals surface area contributed by atoms with Gasteiger partial charge in [-0.1, -0.05) is 25.0 Å². The summed E-state index contributed by atoms with van der Waals surface area (Å²) in [4.78, 5) is 27.9. The summed E-state index contributed by atoms with van der Waals surface area (Å²) in [5.74, 6) is 0.876. The number of hydrogen-bond donors (Lipinski definition) is 4. The van der Waals surface area contributed by atoms with Crippen LogP contribution < -0.4 is 16.1 Å². The molecule has 1 fully saturated rings. The van der Waals surface area contributed by atoms with E-state index in [2.05, 4.69) is 9.88 Å². The van der Waals surface area contributed by atoms with E-state index in [-0.39, 0.29) is 0 Å². The minimum absolute atomic E-state index is 0.436. The molecule has 11 nitrogen and oxygen atoms in total. The van der Waals surface area contributed by atoms with Gasteiger partial charge in [0.25, 0.3) is 0 Å². The topological polar surface area (TPSA) is 152 Å². The highest BCUT2D eigenvalue weighted by molar-refractivity contribution is 5.93. The number of amides is 1. The van der Waals surface area contributed by atoms with Crippen molar-refractivity contribution in [3.05, 3.63) is 36.2 Å². The number of aromatic nitrogens is 4. The van der Waals surface area contributed by atoms with Crippen molar-refractivity contribution in [3.63, 3.8) is 0 Å². The predicted octanol–water partition coefficient (Wildman–Crippen LogP) is 1.68. The average molecular weight is 470 g/mol.